The van der Waals surface area contributed by atoms with Crippen LogP contribution in [0.15, 0.2) is 24.4 Å². The molecule has 1 aliphatic rings. The van der Waals surface area contributed by atoms with E-state index in [-0.39, 0.29) is 5.91 Å². The Balaban J connectivity index is 2.08. The van der Waals surface area contributed by atoms with Gasteiger partial charge in [-0.2, -0.15) is 0 Å². The van der Waals surface area contributed by atoms with Crippen LogP contribution in [0.4, 0.5) is 5.82 Å². The molecular weight excluding hydrogens is 246 g/mol. The summed E-state index contributed by atoms with van der Waals surface area (Å²) in [4.78, 5) is 28.0. The largest absolute Gasteiger partial charge is 0.478 e. The fourth-order valence-corrected chi connectivity index (χ4v) is 1.85. The maximum absolute atomic E-state index is 11.5. The van der Waals surface area contributed by atoms with Gasteiger partial charge in [-0.15, -0.1) is 0 Å². The summed E-state index contributed by atoms with van der Waals surface area (Å²) in [7, 11) is 0. The second-order valence-corrected chi connectivity index (χ2v) is 4.25. The van der Waals surface area contributed by atoms with E-state index in [0.29, 0.717) is 18.7 Å². The molecule has 1 aromatic rings. The minimum absolute atomic E-state index is 0.00542. The highest BCUT2D eigenvalue weighted by Crippen LogP contribution is 2.13. The van der Waals surface area contributed by atoms with E-state index in [1.807, 2.05) is 4.90 Å². The van der Waals surface area contributed by atoms with Gasteiger partial charge in [0.2, 0.25) is 5.91 Å². The van der Waals surface area contributed by atoms with Crippen molar-refractivity contribution in [3.05, 3.63) is 30.0 Å². The summed E-state index contributed by atoms with van der Waals surface area (Å²) in [5, 5.41) is 11.3. The molecule has 1 saturated heterocycles. The van der Waals surface area contributed by atoms with E-state index >= 15 is 0 Å². The number of rotatable bonds is 3. The third-order valence-electron chi connectivity index (χ3n) is 2.77. The number of nitrogens with zero attached hydrogens (tertiary/aromatic N) is 2. The molecule has 0 saturated carbocycles. The molecule has 19 heavy (non-hydrogen) atoms. The Hall–Kier alpha value is -2.37. The number of anilines is 1. The van der Waals surface area contributed by atoms with Crippen molar-refractivity contribution < 1.29 is 14.7 Å². The lowest BCUT2D eigenvalue weighted by Crippen LogP contribution is -2.33. The highest BCUT2D eigenvalue weighted by molar-refractivity contribution is 5.85. The summed E-state index contributed by atoms with van der Waals surface area (Å²) in [5.41, 5.74) is 0.713. The Kier molecular flexibility index (Phi) is 4.12. The molecule has 0 spiro atoms. The van der Waals surface area contributed by atoms with E-state index in [0.717, 1.165) is 24.9 Å². The van der Waals surface area contributed by atoms with Gasteiger partial charge in [0, 0.05) is 25.4 Å². The second kappa shape index (κ2) is 5.99. The summed E-state index contributed by atoms with van der Waals surface area (Å²) < 4.78 is 0. The molecule has 0 atom stereocenters. The van der Waals surface area contributed by atoms with Crippen LogP contribution in [0, 0.1) is 0 Å². The number of nitrogens with one attached hydrogen (secondary N) is 1. The van der Waals surface area contributed by atoms with Gasteiger partial charge in [-0.1, -0.05) is 0 Å². The molecule has 1 aromatic heterocycles. The summed E-state index contributed by atoms with van der Waals surface area (Å²) in [6, 6.07) is 3.57. The predicted octanol–water partition coefficient (Wildman–Crippen LogP) is 0.506. The van der Waals surface area contributed by atoms with Crippen molar-refractivity contribution in [2.75, 3.05) is 24.5 Å². The molecule has 1 amide bonds. The van der Waals surface area contributed by atoms with Crippen LogP contribution in [0.3, 0.4) is 0 Å². The minimum Gasteiger partial charge on any atom is -0.478 e. The van der Waals surface area contributed by atoms with Gasteiger partial charge in [-0.3, -0.25) is 4.79 Å². The molecule has 2 N–H and O–H groups in total. The average Bonchev–Trinajstić information content (AvgIpc) is 2.62. The minimum atomic E-state index is -0.992. The third kappa shape index (κ3) is 3.80. The Morgan fingerprint density at radius 3 is 3.00 bits per heavy atom. The number of pyridine rings is 1. The standard InChI is InChI=1S/C13H15N3O3/c17-12-9-16(7-1-6-14-12)11-4-2-10(8-15-11)3-5-13(18)19/h2-5,8H,1,6-7,9H2,(H,14,17)(H,18,19)/b5-3+. The highest BCUT2D eigenvalue weighted by Gasteiger charge is 2.15. The van der Waals surface area contributed by atoms with Gasteiger partial charge < -0.3 is 15.3 Å². The lowest BCUT2D eigenvalue weighted by atomic mass is 10.2. The SMILES string of the molecule is O=C(O)/C=C/c1ccc(N2CCCNC(=O)C2)nc1. The van der Waals surface area contributed by atoms with E-state index in [2.05, 4.69) is 10.3 Å². The van der Waals surface area contributed by atoms with Gasteiger partial charge in [0.05, 0.1) is 6.54 Å². The molecule has 2 heterocycles. The second-order valence-electron chi connectivity index (χ2n) is 4.25. The molecule has 6 nitrogen and oxygen atoms in total. The van der Waals surface area contributed by atoms with Crippen molar-refractivity contribution in [2.24, 2.45) is 0 Å². The number of hydrogen-bond acceptors (Lipinski definition) is 4. The number of aliphatic carboxylic acids is 1. The van der Waals surface area contributed by atoms with Crippen molar-refractivity contribution >= 4 is 23.8 Å². The molecule has 1 fully saturated rings. The molecule has 2 rings (SSSR count). The fraction of sp³-hybridized carbons (Fsp3) is 0.308. The highest BCUT2D eigenvalue weighted by atomic mass is 16.4. The molecule has 0 aliphatic carbocycles. The zero-order chi connectivity index (χ0) is 13.7. The van der Waals surface area contributed by atoms with Crippen molar-refractivity contribution in [2.45, 2.75) is 6.42 Å². The molecule has 6 heteroatoms. The van der Waals surface area contributed by atoms with Crippen molar-refractivity contribution in [3.8, 4) is 0 Å². The van der Waals surface area contributed by atoms with Crippen LogP contribution >= 0.6 is 0 Å². The number of carbonyl (C=O) groups is 2. The van der Waals surface area contributed by atoms with Gasteiger partial charge in [0.15, 0.2) is 0 Å². The number of amides is 1. The van der Waals surface area contributed by atoms with Crippen LogP contribution in [0.2, 0.25) is 0 Å². The Morgan fingerprint density at radius 1 is 1.47 bits per heavy atom. The van der Waals surface area contributed by atoms with E-state index in [1.54, 1.807) is 18.3 Å². The predicted molar refractivity (Wildman–Crippen MR) is 70.7 cm³/mol. The number of carboxylic acids is 1. The zero-order valence-corrected chi connectivity index (χ0v) is 10.4. The number of carboxylic acid groups (broad SMARTS) is 1. The van der Waals surface area contributed by atoms with Gasteiger partial charge in [-0.25, -0.2) is 9.78 Å². The monoisotopic (exact) mass is 261 g/mol. The molecule has 100 valence electrons. The van der Waals surface area contributed by atoms with Crippen LogP contribution < -0.4 is 10.2 Å². The molecule has 1 aliphatic heterocycles. The number of aromatic nitrogens is 1. The number of carbonyl (C=O) groups excluding carboxylic acids is 1. The molecule has 0 unspecified atom stereocenters. The average molecular weight is 261 g/mol. The van der Waals surface area contributed by atoms with Crippen LogP contribution in [0.5, 0.6) is 0 Å². The van der Waals surface area contributed by atoms with Crippen molar-refractivity contribution in [1.29, 1.82) is 0 Å². The maximum Gasteiger partial charge on any atom is 0.328 e. The fourth-order valence-electron chi connectivity index (χ4n) is 1.85. The van der Waals surface area contributed by atoms with Crippen LogP contribution in [-0.2, 0) is 9.59 Å². The van der Waals surface area contributed by atoms with Gasteiger partial charge in [0.1, 0.15) is 5.82 Å². The van der Waals surface area contributed by atoms with Crippen LogP contribution in [0.1, 0.15) is 12.0 Å². The smallest absolute Gasteiger partial charge is 0.328 e. The van der Waals surface area contributed by atoms with Gasteiger partial charge in [-0.05, 0) is 30.2 Å². The lowest BCUT2D eigenvalue weighted by molar-refractivity contribution is -0.131. The van der Waals surface area contributed by atoms with Crippen molar-refractivity contribution in [1.82, 2.24) is 10.3 Å². The van der Waals surface area contributed by atoms with E-state index in [9.17, 15) is 9.59 Å². The molecule has 0 radical (unpaired) electrons. The number of hydrogen-bond donors (Lipinski definition) is 2. The molecule has 0 bridgehead atoms. The Bertz CT molecular complexity index is 496. The first-order valence-corrected chi connectivity index (χ1v) is 6.04. The van der Waals surface area contributed by atoms with Crippen LogP contribution in [0.25, 0.3) is 6.08 Å². The van der Waals surface area contributed by atoms with E-state index in [1.165, 1.54) is 6.08 Å². The Morgan fingerprint density at radius 2 is 2.32 bits per heavy atom. The molecule has 0 aromatic carbocycles. The quantitative estimate of drug-likeness (QED) is 0.774. The van der Waals surface area contributed by atoms with E-state index < -0.39 is 5.97 Å². The third-order valence-corrected chi connectivity index (χ3v) is 2.77. The Labute approximate surface area is 110 Å². The topological polar surface area (TPSA) is 82.5 Å². The summed E-state index contributed by atoms with van der Waals surface area (Å²) >= 11 is 0. The first kappa shape index (κ1) is 13.1. The van der Waals surface area contributed by atoms with Crippen LogP contribution in [-0.4, -0.2) is 41.6 Å². The van der Waals surface area contributed by atoms with E-state index in [4.69, 9.17) is 5.11 Å². The van der Waals surface area contributed by atoms with Gasteiger partial charge in [0.25, 0.3) is 0 Å². The van der Waals surface area contributed by atoms with Gasteiger partial charge >= 0.3 is 5.97 Å². The zero-order valence-electron chi connectivity index (χ0n) is 10.4. The normalized spacial score (nSPS) is 16.2. The summed E-state index contributed by atoms with van der Waals surface area (Å²) in [6.45, 7) is 1.77. The van der Waals surface area contributed by atoms with Crippen molar-refractivity contribution in [3.63, 3.8) is 0 Å². The summed E-state index contributed by atoms with van der Waals surface area (Å²) in [6.07, 6.45) is 5.02. The maximum atomic E-state index is 11.5. The molecular formula is C13H15N3O3. The summed E-state index contributed by atoms with van der Waals surface area (Å²) in [5.74, 6) is -0.271. The first-order valence-electron chi connectivity index (χ1n) is 6.04. The lowest BCUT2D eigenvalue weighted by Gasteiger charge is -2.19. The first-order chi connectivity index (χ1) is 9.15.